The molecule has 2 N–H and O–H groups in total. The molecule has 92 valence electrons. The molecule has 0 radical (unpaired) electrons. The van der Waals surface area contributed by atoms with E-state index in [1.54, 1.807) is 18.3 Å². The highest BCUT2D eigenvalue weighted by Crippen LogP contribution is 2.27. The van der Waals surface area contributed by atoms with E-state index in [9.17, 15) is 0 Å². The Kier molecular flexibility index (Phi) is 3.58. The zero-order valence-electron chi connectivity index (χ0n) is 10.3. The van der Waals surface area contributed by atoms with Crippen molar-refractivity contribution in [2.45, 2.75) is 13.8 Å². The number of hydrogen-bond acceptors (Lipinski definition) is 3. The molecule has 0 atom stereocenters. The number of hydrogen-bond donors (Lipinski definition) is 1. The Morgan fingerprint density at radius 1 is 1.17 bits per heavy atom. The zero-order valence-corrected chi connectivity index (χ0v) is 11.1. The lowest BCUT2D eigenvalue weighted by molar-refractivity contribution is 0.456. The van der Waals surface area contributed by atoms with Crippen molar-refractivity contribution in [3.8, 4) is 11.6 Å². The third kappa shape index (κ3) is 2.65. The first-order valence-electron chi connectivity index (χ1n) is 5.58. The quantitative estimate of drug-likeness (QED) is 0.859. The minimum atomic E-state index is 0.334. The molecule has 1 aromatic heterocycles. The van der Waals surface area contributed by atoms with Gasteiger partial charge in [-0.05, 0) is 31.0 Å². The van der Waals surface area contributed by atoms with E-state index in [0.717, 1.165) is 22.4 Å². The number of rotatable bonds is 3. The number of aryl methyl sites for hydroxylation is 2. The first-order valence-corrected chi connectivity index (χ1v) is 5.98. The first-order chi connectivity index (χ1) is 8.58. The smallest absolute Gasteiger partial charge is 0.219 e. The second-order valence-electron chi connectivity index (χ2n) is 4.07. The molecule has 0 fully saturated rings. The average molecular weight is 258 g/mol. The van der Waals surface area contributed by atoms with Crippen LogP contribution in [0, 0.1) is 13.8 Å². The van der Waals surface area contributed by atoms with Gasteiger partial charge in [0.15, 0.2) is 0 Å². The Hall–Kier alpha value is -1.94. The molecule has 0 aliphatic rings. The van der Waals surface area contributed by atoms with E-state index in [2.05, 4.69) is 4.98 Å². The van der Waals surface area contributed by atoms with Crippen molar-refractivity contribution in [3.63, 3.8) is 0 Å². The summed E-state index contributed by atoms with van der Waals surface area (Å²) in [5, 5.41) is 0. The van der Waals surface area contributed by atoms with Gasteiger partial charge < -0.3 is 10.5 Å². The number of benzene rings is 1. The predicted molar refractivity (Wildman–Crippen MR) is 76.1 cm³/mol. The molecule has 2 rings (SSSR count). The summed E-state index contributed by atoms with van der Waals surface area (Å²) in [6, 6.07) is 9.58. The third-order valence-corrected chi connectivity index (χ3v) is 2.87. The lowest BCUT2D eigenvalue weighted by Crippen LogP contribution is -2.09. The summed E-state index contributed by atoms with van der Waals surface area (Å²) in [5.74, 6) is 1.38. The number of nitrogens with two attached hydrogens (primary N) is 1. The minimum Gasteiger partial charge on any atom is -0.438 e. The Balaban J connectivity index is 2.26. The van der Waals surface area contributed by atoms with Crippen LogP contribution >= 0.6 is 12.2 Å². The fourth-order valence-electron chi connectivity index (χ4n) is 1.65. The van der Waals surface area contributed by atoms with Gasteiger partial charge >= 0.3 is 0 Å². The molecule has 0 saturated carbocycles. The van der Waals surface area contributed by atoms with Gasteiger partial charge in [0.05, 0.1) is 0 Å². The standard InChI is InChI=1S/C14H14N2OS/c1-9-4-3-5-10(2)13(9)17-12-7-6-11(8-16-12)14(15)18/h3-8H,1-2H3,(H2,15,18). The largest absolute Gasteiger partial charge is 0.438 e. The molecule has 0 saturated heterocycles. The molecule has 0 amide bonds. The Bertz CT molecular complexity index is 559. The molecular weight excluding hydrogens is 244 g/mol. The van der Waals surface area contributed by atoms with Crippen molar-refractivity contribution in [2.24, 2.45) is 5.73 Å². The second kappa shape index (κ2) is 5.14. The van der Waals surface area contributed by atoms with Gasteiger partial charge in [-0.3, -0.25) is 0 Å². The van der Waals surface area contributed by atoms with Crippen LogP contribution in [-0.4, -0.2) is 9.97 Å². The van der Waals surface area contributed by atoms with E-state index >= 15 is 0 Å². The van der Waals surface area contributed by atoms with Crippen LogP contribution in [-0.2, 0) is 0 Å². The van der Waals surface area contributed by atoms with E-state index in [0.29, 0.717) is 10.9 Å². The second-order valence-corrected chi connectivity index (χ2v) is 4.51. The van der Waals surface area contributed by atoms with E-state index in [1.807, 2.05) is 32.0 Å². The minimum absolute atomic E-state index is 0.334. The third-order valence-electron chi connectivity index (χ3n) is 2.64. The van der Waals surface area contributed by atoms with Crippen LogP contribution in [0.4, 0.5) is 0 Å². The highest BCUT2D eigenvalue weighted by atomic mass is 32.1. The van der Waals surface area contributed by atoms with E-state index in [1.165, 1.54) is 0 Å². The topological polar surface area (TPSA) is 48.1 Å². The average Bonchev–Trinajstić information content (AvgIpc) is 2.34. The molecule has 2 aromatic rings. The summed E-state index contributed by atoms with van der Waals surface area (Å²) >= 11 is 4.87. The van der Waals surface area contributed by atoms with Crippen molar-refractivity contribution < 1.29 is 4.74 Å². The lowest BCUT2D eigenvalue weighted by atomic mass is 10.1. The number of nitrogens with zero attached hydrogens (tertiary/aromatic N) is 1. The van der Waals surface area contributed by atoms with Gasteiger partial charge in [0.1, 0.15) is 10.7 Å². The maximum absolute atomic E-state index is 5.78. The number of aromatic nitrogens is 1. The number of ether oxygens (including phenoxy) is 1. The Morgan fingerprint density at radius 2 is 1.83 bits per heavy atom. The molecule has 0 bridgehead atoms. The zero-order chi connectivity index (χ0) is 13.1. The fraction of sp³-hybridized carbons (Fsp3) is 0.143. The van der Waals surface area contributed by atoms with Gasteiger partial charge in [-0.25, -0.2) is 4.98 Å². The number of pyridine rings is 1. The van der Waals surface area contributed by atoms with Gasteiger partial charge in [-0.1, -0.05) is 30.4 Å². The molecule has 3 nitrogen and oxygen atoms in total. The molecule has 0 aliphatic carbocycles. The highest BCUT2D eigenvalue weighted by Gasteiger charge is 2.06. The Labute approximate surface area is 112 Å². The summed E-state index contributed by atoms with van der Waals surface area (Å²) in [6.45, 7) is 4.01. The van der Waals surface area contributed by atoms with Crippen molar-refractivity contribution in [1.82, 2.24) is 4.98 Å². The summed E-state index contributed by atoms with van der Waals surface area (Å²) < 4.78 is 5.78. The van der Waals surface area contributed by atoms with Crippen LogP contribution < -0.4 is 10.5 Å². The fourth-order valence-corrected chi connectivity index (χ4v) is 1.77. The number of para-hydroxylation sites is 1. The highest BCUT2D eigenvalue weighted by molar-refractivity contribution is 7.80. The molecule has 1 aromatic carbocycles. The van der Waals surface area contributed by atoms with E-state index < -0.39 is 0 Å². The molecule has 0 unspecified atom stereocenters. The van der Waals surface area contributed by atoms with Crippen molar-refractivity contribution in [1.29, 1.82) is 0 Å². The van der Waals surface area contributed by atoms with Crippen molar-refractivity contribution in [3.05, 3.63) is 53.2 Å². The number of thiocarbonyl (C=S) groups is 1. The molecule has 18 heavy (non-hydrogen) atoms. The normalized spacial score (nSPS) is 10.1. The van der Waals surface area contributed by atoms with Gasteiger partial charge in [0.2, 0.25) is 5.88 Å². The van der Waals surface area contributed by atoms with Crippen molar-refractivity contribution >= 4 is 17.2 Å². The Morgan fingerprint density at radius 3 is 2.33 bits per heavy atom. The van der Waals surface area contributed by atoms with Gasteiger partial charge in [-0.2, -0.15) is 0 Å². The van der Waals surface area contributed by atoms with Crippen LogP contribution in [0.5, 0.6) is 11.6 Å². The van der Waals surface area contributed by atoms with Gasteiger partial charge in [0, 0.05) is 17.8 Å². The van der Waals surface area contributed by atoms with Crippen molar-refractivity contribution in [2.75, 3.05) is 0 Å². The predicted octanol–water partition coefficient (Wildman–Crippen LogP) is 3.12. The molecule has 1 heterocycles. The van der Waals surface area contributed by atoms with Crippen LogP contribution in [0.1, 0.15) is 16.7 Å². The maximum Gasteiger partial charge on any atom is 0.219 e. The summed E-state index contributed by atoms with van der Waals surface area (Å²) in [6.07, 6.45) is 1.62. The summed E-state index contributed by atoms with van der Waals surface area (Å²) in [4.78, 5) is 4.52. The molecular formula is C14H14N2OS. The lowest BCUT2D eigenvalue weighted by Gasteiger charge is -2.10. The van der Waals surface area contributed by atoms with E-state index in [-0.39, 0.29) is 0 Å². The molecule has 4 heteroatoms. The summed E-state index contributed by atoms with van der Waals surface area (Å²) in [7, 11) is 0. The van der Waals surface area contributed by atoms with Crippen LogP contribution in [0.15, 0.2) is 36.5 Å². The monoisotopic (exact) mass is 258 g/mol. The van der Waals surface area contributed by atoms with Crippen LogP contribution in [0.2, 0.25) is 0 Å². The summed E-state index contributed by atoms with van der Waals surface area (Å²) in [5.41, 5.74) is 8.41. The first kappa shape index (κ1) is 12.5. The molecule has 0 spiro atoms. The van der Waals surface area contributed by atoms with Crippen LogP contribution in [0.3, 0.4) is 0 Å². The van der Waals surface area contributed by atoms with E-state index in [4.69, 9.17) is 22.7 Å². The maximum atomic E-state index is 5.78. The molecule has 0 aliphatic heterocycles. The van der Waals surface area contributed by atoms with Gasteiger partial charge in [0.25, 0.3) is 0 Å². The van der Waals surface area contributed by atoms with Crippen LogP contribution in [0.25, 0.3) is 0 Å². The van der Waals surface area contributed by atoms with Gasteiger partial charge in [-0.15, -0.1) is 0 Å². The SMILES string of the molecule is Cc1cccc(C)c1Oc1ccc(C(N)=S)cn1.